The van der Waals surface area contributed by atoms with Crippen molar-refractivity contribution in [1.82, 2.24) is 9.13 Å². The van der Waals surface area contributed by atoms with Gasteiger partial charge in [0, 0.05) is 27.2 Å². The van der Waals surface area contributed by atoms with Gasteiger partial charge >= 0.3 is 0 Å². The summed E-state index contributed by atoms with van der Waals surface area (Å²) >= 11 is 0. The molecule has 0 unspecified atom stereocenters. The Balaban J connectivity index is 0.884. The highest BCUT2D eigenvalue weighted by molar-refractivity contribution is 7.22. The van der Waals surface area contributed by atoms with E-state index in [1.54, 1.807) is 0 Å². The van der Waals surface area contributed by atoms with Crippen LogP contribution in [0.3, 0.4) is 0 Å². The quantitative estimate of drug-likeness (QED) is 0.101. The fraction of sp³-hybridized carbons (Fsp3) is 0. The van der Waals surface area contributed by atoms with Gasteiger partial charge in [-0.2, -0.15) is 0 Å². The van der Waals surface area contributed by atoms with Crippen molar-refractivity contribution < 1.29 is 0 Å². The SMILES string of the molecule is c1ccc([Si](c2ccccc2)(c2ccccc2)c2ccc(-n3c4ccccc4c4c(-n5c6ccccc6c6cc(-c7ccc8c(c7)-c7ccccc7[Si]8(c7ccccc7)c7ccccc7)ccc65)cccc43)cc2)cc1. The zero-order valence-corrected chi connectivity index (χ0v) is 43.8. The Morgan fingerprint density at radius 3 is 1.37 bits per heavy atom. The minimum atomic E-state index is -2.70. The summed E-state index contributed by atoms with van der Waals surface area (Å²) in [5, 5.41) is 16.2. The molecule has 356 valence electrons. The number of rotatable bonds is 9. The third-order valence-corrected chi connectivity index (χ3v) is 26.2. The lowest BCUT2D eigenvalue weighted by Crippen LogP contribution is -2.74. The minimum Gasteiger partial charge on any atom is -0.309 e. The standard InChI is InChI=1S/C72H50N2Si2/c1-6-23-54(24-7-1)75(55-25-8-2-9-26-55,56-27-10-3-11-28-56)59-45-43-53(44-46-59)73-66-37-20-17-35-62(66)72-68(73)38-22-39-69(72)74-65-36-19-16-33-60(65)63-49-51(41-47-67(63)74)52-42-48-71-64(50-52)61-34-18-21-40-70(61)76(71,57-29-12-4-13-30-57)58-31-14-5-15-32-58/h1-50H. The summed E-state index contributed by atoms with van der Waals surface area (Å²) in [5.74, 6) is 0. The summed E-state index contributed by atoms with van der Waals surface area (Å²) in [6.45, 7) is 0. The first kappa shape index (κ1) is 44.2. The largest absolute Gasteiger partial charge is 0.309 e. The summed E-state index contributed by atoms with van der Waals surface area (Å²) < 4.78 is 4.98. The van der Waals surface area contributed by atoms with Gasteiger partial charge < -0.3 is 9.13 Å². The molecule has 15 rings (SSSR count). The van der Waals surface area contributed by atoms with E-state index in [1.807, 2.05) is 0 Å². The second-order valence-corrected chi connectivity index (χ2v) is 27.8. The van der Waals surface area contributed by atoms with Crippen molar-refractivity contribution in [2.75, 3.05) is 0 Å². The van der Waals surface area contributed by atoms with Crippen LogP contribution < -0.4 is 41.5 Å². The second kappa shape index (κ2) is 17.7. The van der Waals surface area contributed by atoms with Gasteiger partial charge in [0.15, 0.2) is 16.1 Å². The molecule has 0 atom stereocenters. The van der Waals surface area contributed by atoms with Crippen LogP contribution in [0.2, 0.25) is 0 Å². The normalized spacial score (nSPS) is 12.8. The number of fused-ring (bicyclic) bond motifs is 9. The van der Waals surface area contributed by atoms with Gasteiger partial charge in [-0.25, -0.2) is 0 Å². The molecule has 1 aliphatic heterocycles. The molecule has 0 N–H and O–H groups in total. The maximum Gasteiger partial charge on any atom is 0.180 e. The van der Waals surface area contributed by atoms with Crippen molar-refractivity contribution in [1.29, 1.82) is 0 Å². The molecule has 0 spiro atoms. The first-order valence-electron chi connectivity index (χ1n) is 26.4. The van der Waals surface area contributed by atoms with Crippen LogP contribution in [0.4, 0.5) is 0 Å². The Morgan fingerprint density at radius 1 is 0.276 bits per heavy atom. The van der Waals surface area contributed by atoms with Gasteiger partial charge in [-0.15, -0.1) is 0 Å². The third-order valence-electron chi connectivity index (χ3n) is 16.6. The van der Waals surface area contributed by atoms with Crippen molar-refractivity contribution >= 4 is 101 Å². The van der Waals surface area contributed by atoms with E-state index in [2.05, 4.69) is 312 Å². The van der Waals surface area contributed by atoms with Gasteiger partial charge in [0.25, 0.3) is 0 Å². The number of nitrogens with zero attached hydrogens (tertiary/aromatic N) is 2. The summed E-state index contributed by atoms with van der Waals surface area (Å²) in [4.78, 5) is 0. The number of para-hydroxylation sites is 2. The zero-order chi connectivity index (χ0) is 50.2. The first-order valence-corrected chi connectivity index (χ1v) is 30.4. The summed E-state index contributed by atoms with van der Waals surface area (Å²) in [6.07, 6.45) is 0. The topological polar surface area (TPSA) is 9.86 Å². The molecule has 0 amide bonds. The molecule has 0 aliphatic carbocycles. The molecule has 4 heteroatoms. The molecule has 2 aromatic heterocycles. The van der Waals surface area contributed by atoms with E-state index in [4.69, 9.17) is 0 Å². The highest BCUT2D eigenvalue weighted by Gasteiger charge is 2.48. The average molecular weight is 999 g/mol. The highest BCUT2D eigenvalue weighted by Crippen LogP contribution is 2.41. The van der Waals surface area contributed by atoms with Gasteiger partial charge in [0.2, 0.25) is 0 Å². The lowest BCUT2D eigenvalue weighted by Gasteiger charge is -2.34. The van der Waals surface area contributed by atoms with Gasteiger partial charge in [0.1, 0.15) is 0 Å². The monoisotopic (exact) mass is 998 g/mol. The van der Waals surface area contributed by atoms with Gasteiger partial charge in [-0.1, -0.05) is 249 Å². The zero-order valence-electron chi connectivity index (χ0n) is 41.8. The smallest absolute Gasteiger partial charge is 0.180 e. The number of aromatic nitrogens is 2. The molecule has 12 aromatic carbocycles. The predicted octanol–water partition coefficient (Wildman–Crippen LogP) is 12.3. The summed E-state index contributed by atoms with van der Waals surface area (Å²) in [7, 11) is -5.28. The van der Waals surface area contributed by atoms with Crippen LogP contribution >= 0.6 is 0 Å². The van der Waals surface area contributed by atoms with Crippen LogP contribution in [-0.4, -0.2) is 25.3 Å². The van der Waals surface area contributed by atoms with Gasteiger partial charge in [-0.3, -0.25) is 0 Å². The summed E-state index contributed by atoms with van der Waals surface area (Å²) in [5.41, 5.74) is 12.2. The molecular formula is C72H50N2Si2. The lowest BCUT2D eigenvalue weighted by atomic mass is 9.98. The molecular weight excluding hydrogens is 949 g/mol. The maximum absolute atomic E-state index is 2.70. The van der Waals surface area contributed by atoms with Crippen LogP contribution in [0.1, 0.15) is 0 Å². The van der Waals surface area contributed by atoms with Crippen LogP contribution in [0.5, 0.6) is 0 Å². The Labute approximate surface area is 444 Å². The maximum atomic E-state index is 2.51. The minimum absolute atomic E-state index is 1.14. The molecule has 0 bridgehead atoms. The molecule has 14 aromatic rings. The van der Waals surface area contributed by atoms with E-state index in [0.717, 1.165) is 5.69 Å². The number of hydrogen-bond acceptors (Lipinski definition) is 0. The molecule has 0 saturated heterocycles. The van der Waals surface area contributed by atoms with Crippen molar-refractivity contribution in [2.24, 2.45) is 0 Å². The third kappa shape index (κ3) is 6.45. The highest BCUT2D eigenvalue weighted by atomic mass is 28.3. The first-order chi connectivity index (χ1) is 37.7. The Morgan fingerprint density at radius 2 is 0.737 bits per heavy atom. The van der Waals surface area contributed by atoms with E-state index in [-0.39, 0.29) is 0 Å². The van der Waals surface area contributed by atoms with E-state index >= 15 is 0 Å². The molecule has 1 aliphatic rings. The van der Waals surface area contributed by atoms with Crippen molar-refractivity contribution in [3.05, 3.63) is 303 Å². The molecule has 0 fully saturated rings. The Kier molecular flexibility index (Phi) is 10.3. The van der Waals surface area contributed by atoms with Crippen molar-refractivity contribution in [3.63, 3.8) is 0 Å². The fourth-order valence-corrected chi connectivity index (χ4v) is 23.3. The van der Waals surface area contributed by atoms with Crippen LogP contribution in [-0.2, 0) is 0 Å². The number of benzene rings is 12. The average Bonchev–Trinajstić information content (AvgIpc) is 4.15. The molecule has 0 radical (unpaired) electrons. The second-order valence-electron chi connectivity index (χ2n) is 20.3. The van der Waals surface area contributed by atoms with E-state index in [1.165, 1.54) is 113 Å². The van der Waals surface area contributed by atoms with Crippen LogP contribution in [0, 0.1) is 0 Å². The van der Waals surface area contributed by atoms with E-state index < -0.39 is 16.1 Å². The Hall–Kier alpha value is -9.33. The van der Waals surface area contributed by atoms with Crippen LogP contribution in [0.15, 0.2) is 303 Å². The predicted molar refractivity (Wildman–Crippen MR) is 327 cm³/mol. The van der Waals surface area contributed by atoms with Gasteiger partial charge in [-0.05, 0) is 118 Å². The Bertz CT molecular complexity index is 4350. The number of hydrogen-bond donors (Lipinski definition) is 0. The van der Waals surface area contributed by atoms with E-state index in [0.29, 0.717) is 0 Å². The molecule has 2 nitrogen and oxygen atoms in total. The molecule has 3 heterocycles. The summed E-state index contributed by atoms with van der Waals surface area (Å²) in [6, 6.07) is 114. The molecule has 0 saturated carbocycles. The lowest BCUT2D eigenvalue weighted by molar-refractivity contribution is 1.17. The fourth-order valence-electron chi connectivity index (χ4n) is 13.4. The van der Waals surface area contributed by atoms with Crippen molar-refractivity contribution in [2.45, 2.75) is 0 Å². The van der Waals surface area contributed by atoms with E-state index in [9.17, 15) is 0 Å². The van der Waals surface area contributed by atoms with Crippen molar-refractivity contribution in [3.8, 4) is 33.6 Å². The van der Waals surface area contributed by atoms with Crippen LogP contribution in [0.25, 0.3) is 77.2 Å². The van der Waals surface area contributed by atoms with Gasteiger partial charge in [0.05, 0.1) is 27.8 Å². The molecule has 76 heavy (non-hydrogen) atoms.